The number of ether oxygens (including phenoxy) is 3. The molecule has 0 radical (unpaired) electrons. The molecular formula is C20H31N3O3. The van der Waals surface area contributed by atoms with Crippen LogP contribution in [0.2, 0.25) is 0 Å². The predicted molar refractivity (Wildman–Crippen MR) is 103 cm³/mol. The topological polar surface area (TPSA) is 60.2 Å². The third-order valence-corrected chi connectivity index (χ3v) is 5.95. The first-order chi connectivity index (χ1) is 12.7. The van der Waals surface area contributed by atoms with Crippen LogP contribution in [-0.2, 0) is 9.47 Å². The van der Waals surface area contributed by atoms with Crippen molar-refractivity contribution in [1.82, 2.24) is 4.90 Å². The summed E-state index contributed by atoms with van der Waals surface area (Å²) >= 11 is 0. The predicted octanol–water partition coefficient (Wildman–Crippen LogP) is 2.47. The van der Waals surface area contributed by atoms with Crippen LogP contribution in [0.5, 0.6) is 5.75 Å². The van der Waals surface area contributed by atoms with E-state index >= 15 is 0 Å². The van der Waals surface area contributed by atoms with Crippen LogP contribution in [0.15, 0.2) is 18.2 Å². The standard InChI is InChI=1S/C20H31N3O3/c1-22-16-6-7-17(22)14-23(13-16)18-8-5-15(21)12-19(18)24-10-11-26-20-4-2-3-9-25-20/h5,8,12,16-17,20H,2-4,6-7,9-11,13-14,21H2,1H3. The van der Waals surface area contributed by atoms with Gasteiger partial charge >= 0.3 is 0 Å². The molecule has 3 aliphatic rings. The van der Waals surface area contributed by atoms with Crippen LogP contribution < -0.4 is 15.4 Å². The third kappa shape index (κ3) is 3.92. The minimum absolute atomic E-state index is 0.0686. The lowest BCUT2D eigenvalue weighted by molar-refractivity contribution is -0.165. The fraction of sp³-hybridized carbons (Fsp3) is 0.700. The zero-order valence-electron chi connectivity index (χ0n) is 15.7. The van der Waals surface area contributed by atoms with Crippen molar-refractivity contribution in [2.45, 2.75) is 50.5 Å². The van der Waals surface area contributed by atoms with Crippen molar-refractivity contribution in [2.75, 3.05) is 50.6 Å². The third-order valence-electron chi connectivity index (χ3n) is 5.95. The molecule has 2 N–H and O–H groups in total. The number of piperazine rings is 1. The van der Waals surface area contributed by atoms with Gasteiger partial charge in [-0.2, -0.15) is 0 Å². The Morgan fingerprint density at radius 3 is 2.65 bits per heavy atom. The number of nitrogen functional groups attached to an aromatic ring is 1. The van der Waals surface area contributed by atoms with E-state index in [1.165, 1.54) is 19.3 Å². The fourth-order valence-corrected chi connectivity index (χ4v) is 4.39. The van der Waals surface area contributed by atoms with Crippen molar-refractivity contribution in [2.24, 2.45) is 0 Å². The molecule has 6 nitrogen and oxygen atoms in total. The largest absolute Gasteiger partial charge is 0.489 e. The van der Waals surface area contributed by atoms with Crippen molar-refractivity contribution in [1.29, 1.82) is 0 Å². The molecule has 2 bridgehead atoms. The highest BCUT2D eigenvalue weighted by Crippen LogP contribution is 2.36. The fourth-order valence-electron chi connectivity index (χ4n) is 4.39. The van der Waals surface area contributed by atoms with Gasteiger partial charge in [0.25, 0.3) is 0 Å². The maximum atomic E-state index is 6.06. The molecular weight excluding hydrogens is 330 g/mol. The Kier molecular flexibility index (Phi) is 5.52. The molecule has 3 atom stereocenters. The van der Waals surface area contributed by atoms with E-state index in [2.05, 4.69) is 22.9 Å². The maximum absolute atomic E-state index is 6.06. The summed E-state index contributed by atoms with van der Waals surface area (Å²) in [7, 11) is 2.25. The first kappa shape index (κ1) is 17.9. The molecule has 3 heterocycles. The molecule has 0 spiro atoms. The van der Waals surface area contributed by atoms with Crippen LogP contribution in [0, 0.1) is 0 Å². The number of hydrogen-bond acceptors (Lipinski definition) is 6. The number of nitrogens with zero attached hydrogens (tertiary/aromatic N) is 2. The number of rotatable bonds is 6. The summed E-state index contributed by atoms with van der Waals surface area (Å²) in [5.74, 6) is 0.863. The molecule has 0 aliphatic carbocycles. The molecule has 3 aliphatic heterocycles. The lowest BCUT2D eigenvalue weighted by Gasteiger charge is -2.40. The van der Waals surface area contributed by atoms with Gasteiger partial charge in [0.2, 0.25) is 0 Å². The minimum atomic E-state index is -0.0686. The zero-order chi connectivity index (χ0) is 17.9. The average Bonchev–Trinajstić information content (AvgIpc) is 2.86. The van der Waals surface area contributed by atoms with Crippen LogP contribution in [0.1, 0.15) is 32.1 Å². The summed E-state index contributed by atoms with van der Waals surface area (Å²) in [6, 6.07) is 7.29. The summed E-state index contributed by atoms with van der Waals surface area (Å²) in [4.78, 5) is 4.99. The Labute approximate surface area is 156 Å². The van der Waals surface area contributed by atoms with Crippen LogP contribution >= 0.6 is 0 Å². The summed E-state index contributed by atoms with van der Waals surface area (Å²) in [6.07, 6.45) is 5.80. The van der Waals surface area contributed by atoms with E-state index in [1.54, 1.807) is 0 Å². The molecule has 0 saturated carbocycles. The molecule has 3 fully saturated rings. The molecule has 6 heteroatoms. The van der Waals surface area contributed by atoms with Gasteiger partial charge in [-0.3, -0.25) is 4.90 Å². The Morgan fingerprint density at radius 2 is 1.92 bits per heavy atom. The first-order valence-electron chi connectivity index (χ1n) is 9.93. The number of hydrogen-bond donors (Lipinski definition) is 1. The monoisotopic (exact) mass is 361 g/mol. The quantitative estimate of drug-likeness (QED) is 0.620. The number of anilines is 2. The van der Waals surface area contributed by atoms with Crippen molar-refractivity contribution < 1.29 is 14.2 Å². The van der Waals surface area contributed by atoms with E-state index in [0.29, 0.717) is 25.3 Å². The molecule has 144 valence electrons. The number of benzene rings is 1. The molecule has 3 saturated heterocycles. The SMILES string of the molecule is CN1C2CCC1CN(c1ccc(N)cc1OCCOC1CCCCO1)C2. The number of fused-ring (bicyclic) bond motifs is 2. The number of nitrogens with two attached hydrogens (primary N) is 1. The normalized spacial score (nSPS) is 29.1. The Balaban J connectivity index is 1.36. The molecule has 0 aromatic heterocycles. The van der Waals surface area contributed by atoms with Gasteiger partial charge < -0.3 is 24.8 Å². The lowest BCUT2D eigenvalue weighted by atomic mass is 10.1. The molecule has 3 unspecified atom stereocenters. The van der Waals surface area contributed by atoms with Gasteiger partial charge in [0, 0.05) is 43.5 Å². The van der Waals surface area contributed by atoms with Gasteiger partial charge in [-0.05, 0) is 51.3 Å². The summed E-state index contributed by atoms with van der Waals surface area (Å²) in [5, 5.41) is 0. The molecule has 4 rings (SSSR count). The highest BCUT2D eigenvalue weighted by atomic mass is 16.7. The van der Waals surface area contributed by atoms with Crippen LogP contribution in [-0.4, -0.2) is 63.2 Å². The summed E-state index contributed by atoms with van der Waals surface area (Å²) in [6.45, 7) is 3.96. The van der Waals surface area contributed by atoms with Crippen LogP contribution in [0.4, 0.5) is 11.4 Å². The Morgan fingerprint density at radius 1 is 1.12 bits per heavy atom. The maximum Gasteiger partial charge on any atom is 0.157 e. The average molecular weight is 361 g/mol. The van der Waals surface area contributed by atoms with E-state index in [1.807, 2.05) is 12.1 Å². The van der Waals surface area contributed by atoms with Crippen molar-refractivity contribution in [3.8, 4) is 5.75 Å². The van der Waals surface area contributed by atoms with Gasteiger partial charge in [-0.25, -0.2) is 0 Å². The Hall–Kier alpha value is -1.50. The van der Waals surface area contributed by atoms with E-state index in [9.17, 15) is 0 Å². The second kappa shape index (κ2) is 8.03. The summed E-state index contributed by atoms with van der Waals surface area (Å²) < 4.78 is 17.4. The van der Waals surface area contributed by atoms with Gasteiger partial charge in [0.15, 0.2) is 6.29 Å². The van der Waals surface area contributed by atoms with E-state index in [4.69, 9.17) is 19.9 Å². The van der Waals surface area contributed by atoms with E-state index in [0.717, 1.165) is 49.7 Å². The molecule has 0 amide bonds. The van der Waals surface area contributed by atoms with Crippen LogP contribution in [0.3, 0.4) is 0 Å². The second-order valence-electron chi connectivity index (χ2n) is 7.70. The molecule has 1 aromatic rings. The highest BCUT2D eigenvalue weighted by molar-refractivity contribution is 5.64. The van der Waals surface area contributed by atoms with Crippen molar-refractivity contribution in [3.05, 3.63) is 18.2 Å². The highest BCUT2D eigenvalue weighted by Gasteiger charge is 2.38. The van der Waals surface area contributed by atoms with Gasteiger partial charge in [0.1, 0.15) is 12.4 Å². The van der Waals surface area contributed by atoms with E-state index in [-0.39, 0.29) is 6.29 Å². The van der Waals surface area contributed by atoms with Crippen LogP contribution in [0.25, 0.3) is 0 Å². The second-order valence-corrected chi connectivity index (χ2v) is 7.70. The molecule has 26 heavy (non-hydrogen) atoms. The van der Waals surface area contributed by atoms with E-state index < -0.39 is 0 Å². The van der Waals surface area contributed by atoms with Gasteiger partial charge in [-0.15, -0.1) is 0 Å². The van der Waals surface area contributed by atoms with Gasteiger partial charge in [0.05, 0.1) is 12.3 Å². The molecule has 1 aromatic carbocycles. The number of likely N-dealkylation sites (N-methyl/N-ethyl adjacent to an activating group) is 1. The first-order valence-corrected chi connectivity index (χ1v) is 9.93. The smallest absolute Gasteiger partial charge is 0.157 e. The van der Waals surface area contributed by atoms with Crippen molar-refractivity contribution in [3.63, 3.8) is 0 Å². The van der Waals surface area contributed by atoms with Gasteiger partial charge in [-0.1, -0.05) is 0 Å². The minimum Gasteiger partial charge on any atom is -0.489 e. The van der Waals surface area contributed by atoms with Crippen molar-refractivity contribution >= 4 is 11.4 Å². The summed E-state index contributed by atoms with van der Waals surface area (Å²) in [5.41, 5.74) is 7.89. The lowest BCUT2D eigenvalue weighted by Crippen LogP contribution is -2.52. The zero-order valence-corrected chi connectivity index (χ0v) is 15.7. The Bertz CT molecular complexity index is 592.